The van der Waals surface area contributed by atoms with Gasteiger partial charge in [-0.3, -0.25) is 9.69 Å². The van der Waals surface area contributed by atoms with Crippen molar-refractivity contribution in [3.05, 3.63) is 30.3 Å². The summed E-state index contributed by atoms with van der Waals surface area (Å²) in [5.74, 6) is -0.0153. The largest absolute Gasteiger partial charge is 0.492 e. The summed E-state index contributed by atoms with van der Waals surface area (Å²) in [6.07, 6.45) is 0. The number of para-hydroxylation sites is 1. The average molecular weight is 209 g/mol. The summed E-state index contributed by atoms with van der Waals surface area (Å²) < 4.78 is 5.42. The first-order valence-corrected chi connectivity index (χ1v) is 4.76. The Morgan fingerprint density at radius 3 is 2.67 bits per heavy atom. The molecule has 15 heavy (non-hydrogen) atoms. The lowest BCUT2D eigenvalue weighted by Gasteiger charge is -2.14. The fourth-order valence-corrected chi connectivity index (χ4v) is 1.15. The molecule has 1 aromatic carbocycles. The van der Waals surface area contributed by atoms with E-state index >= 15 is 0 Å². The summed E-state index contributed by atoms with van der Waals surface area (Å²) in [7, 11) is 1.75. The molecular formula is C11H15NO3. The molecular weight excluding hydrogens is 194 g/mol. The molecule has 0 amide bonds. The van der Waals surface area contributed by atoms with E-state index in [0.29, 0.717) is 13.2 Å². The van der Waals surface area contributed by atoms with E-state index in [9.17, 15) is 4.79 Å². The first kappa shape index (κ1) is 11.5. The number of rotatable bonds is 6. The monoisotopic (exact) mass is 209 g/mol. The van der Waals surface area contributed by atoms with Crippen LogP contribution in [-0.2, 0) is 4.79 Å². The number of aliphatic carboxylic acids is 1. The fraction of sp³-hybridized carbons (Fsp3) is 0.364. The second kappa shape index (κ2) is 6.03. The van der Waals surface area contributed by atoms with Crippen molar-refractivity contribution in [2.24, 2.45) is 0 Å². The van der Waals surface area contributed by atoms with Crippen molar-refractivity contribution in [2.45, 2.75) is 0 Å². The minimum Gasteiger partial charge on any atom is -0.492 e. The summed E-state index contributed by atoms with van der Waals surface area (Å²) >= 11 is 0. The van der Waals surface area contributed by atoms with Gasteiger partial charge in [-0.1, -0.05) is 18.2 Å². The van der Waals surface area contributed by atoms with Gasteiger partial charge in [0.15, 0.2) is 0 Å². The van der Waals surface area contributed by atoms with Crippen LogP contribution in [0.1, 0.15) is 0 Å². The summed E-state index contributed by atoms with van der Waals surface area (Å²) in [5.41, 5.74) is 0. The van der Waals surface area contributed by atoms with Crippen molar-refractivity contribution in [3.8, 4) is 5.75 Å². The molecule has 82 valence electrons. The van der Waals surface area contributed by atoms with Crippen LogP contribution in [0.25, 0.3) is 0 Å². The number of nitrogens with zero attached hydrogens (tertiary/aromatic N) is 1. The Morgan fingerprint density at radius 2 is 2.07 bits per heavy atom. The molecule has 4 heteroatoms. The van der Waals surface area contributed by atoms with Crippen LogP contribution in [-0.4, -0.2) is 42.7 Å². The second-order valence-electron chi connectivity index (χ2n) is 3.29. The van der Waals surface area contributed by atoms with Crippen molar-refractivity contribution in [3.63, 3.8) is 0 Å². The predicted octanol–water partition coefficient (Wildman–Crippen LogP) is 1.08. The van der Waals surface area contributed by atoms with Gasteiger partial charge < -0.3 is 9.84 Å². The van der Waals surface area contributed by atoms with Gasteiger partial charge in [-0.05, 0) is 19.2 Å². The second-order valence-corrected chi connectivity index (χ2v) is 3.29. The SMILES string of the molecule is CN(CCOc1ccccc1)CC(=O)O. The van der Waals surface area contributed by atoms with Gasteiger partial charge in [0.2, 0.25) is 0 Å². The van der Waals surface area contributed by atoms with Crippen LogP contribution < -0.4 is 4.74 Å². The van der Waals surface area contributed by atoms with Crippen LogP contribution in [0.3, 0.4) is 0 Å². The smallest absolute Gasteiger partial charge is 0.317 e. The number of ether oxygens (including phenoxy) is 1. The predicted molar refractivity (Wildman–Crippen MR) is 57.1 cm³/mol. The molecule has 0 unspecified atom stereocenters. The highest BCUT2D eigenvalue weighted by Gasteiger charge is 2.03. The van der Waals surface area contributed by atoms with E-state index in [1.807, 2.05) is 30.3 Å². The van der Waals surface area contributed by atoms with E-state index in [0.717, 1.165) is 5.75 Å². The Hall–Kier alpha value is -1.55. The third kappa shape index (κ3) is 5.02. The minimum absolute atomic E-state index is 0.0398. The number of carboxylic acids is 1. The van der Waals surface area contributed by atoms with Crippen molar-refractivity contribution in [1.29, 1.82) is 0 Å². The summed E-state index contributed by atoms with van der Waals surface area (Å²) in [6.45, 7) is 1.13. The molecule has 0 bridgehead atoms. The highest BCUT2D eigenvalue weighted by molar-refractivity contribution is 5.68. The van der Waals surface area contributed by atoms with Crippen LogP contribution in [0, 0.1) is 0 Å². The Morgan fingerprint density at radius 1 is 1.40 bits per heavy atom. The minimum atomic E-state index is -0.822. The molecule has 0 saturated carbocycles. The highest BCUT2D eigenvalue weighted by atomic mass is 16.5. The molecule has 4 nitrogen and oxygen atoms in total. The number of benzene rings is 1. The molecule has 0 aliphatic heterocycles. The van der Waals surface area contributed by atoms with Crippen LogP contribution in [0.4, 0.5) is 0 Å². The Bertz CT molecular complexity index is 300. The number of hydrogen-bond acceptors (Lipinski definition) is 3. The molecule has 0 radical (unpaired) electrons. The van der Waals surface area contributed by atoms with Gasteiger partial charge in [0, 0.05) is 6.54 Å². The van der Waals surface area contributed by atoms with E-state index in [-0.39, 0.29) is 6.54 Å². The molecule has 1 rings (SSSR count). The maximum Gasteiger partial charge on any atom is 0.317 e. The maximum absolute atomic E-state index is 10.4. The summed E-state index contributed by atoms with van der Waals surface area (Å²) in [5, 5.41) is 8.52. The summed E-state index contributed by atoms with van der Waals surface area (Å²) in [4.78, 5) is 12.1. The maximum atomic E-state index is 10.4. The Balaban J connectivity index is 2.19. The van der Waals surface area contributed by atoms with E-state index in [2.05, 4.69) is 0 Å². The zero-order valence-corrected chi connectivity index (χ0v) is 8.72. The van der Waals surface area contributed by atoms with E-state index in [1.54, 1.807) is 11.9 Å². The molecule has 0 saturated heterocycles. The number of hydrogen-bond donors (Lipinski definition) is 1. The zero-order chi connectivity index (χ0) is 11.1. The van der Waals surface area contributed by atoms with E-state index in [1.165, 1.54) is 0 Å². The number of carbonyl (C=O) groups is 1. The van der Waals surface area contributed by atoms with Gasteiger partial charge in [0.25, 0.3) is 0 Å². The van der Waals surface area contributed by atoms with Gasteiger partial charge in [0.05, 0.1) is 6.54 Å². The van der Waals surface area contributed by atoms with Crippen molar-refractivity contribution >= 4 is 5.97 Å². The van der Waals surface area contributed by atoms with Gasteiger partial charge in [0.1, 0.15) is 12.4 Å². The topological polar surface area (TPSA) is 49.8 Å². The lowest BCUT2D eigenvalue weighted by atomic mass is 10.3. The molecule has 0 spiro atoms. The van der Waals surface area contributed by atoms with Crippen LogP contribution in [0.15, 0.2) is 30.3 Å². The van der Waals surface area contributed by atoms with Gasteiger partial charge in [-0.2, -0.15) is 0 Å². The van der Waals surface area contributed by atoms with E-state index < -0.39 is 5.97 Å². The van der Waals surface area contributed by atoms with Gasteiger partial charge in [-0.25, -0.2) is 0 Å². The van der Waals surface area contributed by atoms with Gasteiger partial charge >= 0.3 is 5.97 Å². The summed E-state index contributed by atoms with van der Waals surface area (Å²) in [6, 6.07) is 9.46. The third-order valence-corrected chi connectivity index (χ3v) is 1.89. The lowest BCUT2D eigenvalue weighted by molar-refractivity contribution is -0.138. The zero-order valence-electron chi connectivity index (χ0n) is 8.72. The van der Waals surface area contributed by atoms with Crippen molar-refractivity contribution in [1.82, 2.24) is 4.90 Å². The average Bonchev–Trinajstić information content (AvgIpc) is 2.18. The Kier molecular flexibility index (Phi) is 4.63. The van der Waals surface area contributed by atoms with Crippen molar-refractivity contribution in [2.75, 3.05) is 26.7 Å². The van der Waals surface area contributed by atoms with E-state index in [4.69, 9.17) is 9.84 Å². The number of carboxylic acid groups (broad SMARTS) is 1. The molecule has 0 fully saturated rings. The standard InChI is InChI=1S/C11H15NO3/c1-12(9-11(13)14)7-8-15-10-5-3-2-4-6-10/h2-6H,7-9H2,1H3,(H,13,14). The van der Waals surface area contributed by atoms with Crippen LogP contribution in [0.5, 0.6) is 5.75 Å². The van der Waals surface area contributed by atoms with Crippen LogP contribution >= 0.6 is 0 Å². The lowest BCUT2D eigenvalue weighted by Crippen LogP contribution is -2.29. The fourth-order valence-electron chi connectivity index (χ4n) is 1.15. The Labute approximate surface area is 89.1 Å². The molecule has 0 aromatic heterocycles. The number of likely N-dealkylation sites (N-methyl/N-ethyl adjacent to an activating group) is 1. The van der Waals surface area contributed by atoms with Crippen molar-refractivity contribution < 1.29 is 14.6 Å². The normalized spacial score (nSPS) is 10.3. The quantitative estimate of drug-likeness (QED) is 0.761. The molecule has 0 heterocycles. The first-order valence-electron chi connectivity index (χ1n) is 4.76. The van der Waals surface area contributed by atoms with Crippen LogP contribution in [0.2, 0.25) is 0 Å². The molecule has 1 N–H and O–H groups in total. The molecule has 0 aliphatic carbocycles. The highest BCUT2D eigenvalue weighted by Crippen LogP contribution is 2.07. The molecule has 0 aliphatic rings. The van der Waals surface area contributed by atoms with Gasteiger partial charge in [-0.15, -0.1) is 0 Å². The first-order chi connectivity index (χ1) is 7.18. The molecule has 0 atom stereocenters. The third-order valence-electron chi connectivity index (χ3n) is 1.89. The molecule has 1 aromatic rings.